The molecule has 1 amide bonds. The van der Waals surface area contributed by atoms with Gasteiger partial charge in [-0.1, -0.05) is 11.6 Å². The predicted molar refractivity (Wildman–Crippen MR) is 77.5 cm³/mol. The van der Waals surface area contributed by atoms with E-state index >= 15 is 0 Å². The average Bonchev–Trinajstić information content (AvgIpc) is 2.88. The molecular formula is C13H16ClN5O2. The molecule has 0 aromatic carbocycles. The van der Waals surface area contributed by atoms with Crippen LogP contribution in [0.3, 0.4) is 0 Å². The number of aryl methyl sites for hydroxylation is 2. The number of amides is 1. The molecule has 3 rings (SSSR count). The number of halogens is 1. The van der Waals surface area contributed by atoms with Gasteiger partial charge < -0.3 is 9.88 Å². The Hall–Kier alpha value is -2.02. The van der Waals surface area contributed by atoms with Crippen molar-refractivity contribution in [2.24, 2.45) is 7.05 Å². The predicted octanol–water partition coefficient (Wildman–Crippen LogP) is 0.698. The van der Waals surface area contributed by atoms with Gasteiger partial charge in [0.25, 0.3) is 5.91 Å². The lowest BCUT2D eigenvalue weighted by atomic mass is 10.1. The Morgan fingerprint density at radius 1 is 1.52 bits per heavy atom. The van der Waals surface area contributed by atoms with Crippen LogP contribution in [0.25, 0.3) is 0 Å². The van der Waals surface area contributed by atoms with Crippen LogP contribution in [0.5, 0.6) is 0 Å². The molecule has 7 nitrogen and oxygen atoms in total. The van der Waals surface area contributed by atoms with Crippen LogP contribution in [0, 0.1) is 0 Å². The molecule has 2 N–H and O–H groups in total. The SMILES string of the molecule is Cn1cc(Cl)cc1C(=O)NC1CCc2n[nH]c(=O)n2CC1. The molecule has 3 heterocycles. The molecule has 0 aliphatic carbocycles. The van der Waals surface area contributed by atoms with Crippen LogP contribution in [-0.2, 0) is 20.0 Å². The van der Waals surface area contributed by atoms with Crippen LogP contribution < -0.4 is 11.0 Å². The maximum Gasteiger partial charge on any atom is 0.343 e. The zero-order valence-corrected chi connectivity index (χ0v) is 12.4. The number of H-pyrrole nitrogens is 1. The van der Waals surface area contributed by atoms with Gasteiger partial charge in [0.1, 0.15) is 11.5 Å². The van der Waals surface area contributed by atoms with Gasteiger partial charge in [0.2, 0.25) is 0 Å². The highest BCUT2D eigenvalue weighted by molar-refractivity contribution is 6.31. The maximum absolute atomic E-state index is 12.3. The summed E-state index contributed by atoms with van der Waals surface area (Å²) in [7, 11) is 1.78. The van der Waals surface area contributed by atoms with E-state index in [4.69, 9.17) is 11.6 Å². The monoisotopic (exact) mass is 309 g/mol. The van der Waals surface area contributed by atoms with E-state index in [1.807, 2.05) is 0 Å². The lowest BCUT2D eigenvalue weighted by Gasteiger charge is -2.16. The van der Waals surface area contributed by atoms with Gasteiger partial charge >= 0.3 is 5.69 Å². The van der Waals surface area contributed by atoms with E-state index in [0.29, 0.717) is 30.1 Å². The third-order valence-electron chi connectivity index (χ3n) is 3.79. The van der Waals surface area contributed by atoms with Crippen molar-refractivity contribution in [3.63, 3.8) is 0 Å². The van der Waals surface area contributed by atoms with E-state index in [0.717, 1.165) is 12.2 Å². The molecule has 2 aromatic heterocycles. The van der Waals surface area contributed by atoms with Crippen molar-refractivity contribution in [2.75, 3.05) is 0 Å². The Balaban J connectivity index is 1.68. The molecule has 8 heteroatoms. The van der Waals surface area contributed by atoms with Crippen LogP contribution in [0.1, 0.15) is 29.2 Å². The highest BCUT2D eigenvalue weighted by Crippen LogP contribution is 2.15. The number of rotatable bonds is 2. The molecule has 0 radical (unpaired) electrons. The Labute approximate surface area is 125 Å². The largest absolute Gasteiger partial charge is 0.348 e. The second kappa shape index (κ2) is 5.40. The van der Waals surface area contributed by atoms with Crippen LogP contribution in [0.4, 0.5) is 0 Å². The summed E-state index contributed by atoms with van der Waals surface area (Å²) < 4.78 is 3.33. The lowest BCUT2D eigenvalue weighted by Crippen LogP contribution is -2.36. The Bertz CT molecular complexity index is 729. The summed E-state index contributed by atoms with van der Waals surface area (Å²) >= 11 is 5.89. The van der Waals surface area contributed by atoms with E-state index < -0.39 is 0 Å². The first-order valence-corrected chi connectivity index (χ1v) is 7.19. The second-order valence-electron chi connectivity index (χ2n) is 5.25. The summed E-state index contributed by atoms with van der Waals surface area (Å²) in [5.74, 6) is 0.599. The molecule has 1 atom stereocenters. The molecule has 0 saturated carbocycles. The van der Waals surface area contributed by atoms with Crippen LogP contribution in [-0.4, -0.2) is 31.3 Å². The zero-order valence-electron chi connectivity index (χ0n) is 11.6. The minimum atomic E-state index is -0.189. The minimum Gasteiger partial charge on any atom is -0.348 e. The normalized spacial score (nSPS) is 18.1. The number of carbonyl (C=O) groups excluding carboxylic acids is 1. The number of hydrogen-bond acceptors (Lipinski definition) is 3. The molecule has 1 aliphatic heterocycles. The number of fused-ring (bicyclic) bond motifs is 1. The van der Waals surface area contributed by atoms with Gasteiger partial charge in [-0.15, -0.1) is 0 Å². The van der Waals surface area contributed by atoms with Crippen LogP contribution >= 0.6 is 11.6 Å². The fourth-order valence-electron chi connectivity index (χ4n) is 2.66. The van der Waals surface area contributed by atoms with Crippen molar-refractivity contribution < 1.29 is 4.79 Å². The molecule has 112 valence electrons. The molecule has 2 aromatic rings. The van der Waals surface area contributed by atoms with Gasteiger partial charge in [0.05, 0.1) is 5.02 Å². The molecule has 0 fully saturated rings. The molecule has 0 saturated heterocycles. The molecule has 0 bridgehead atoms. The smallest absolute Gasteiger partial charge is 0.343 e. The third kappa shape index (κ3) is 2.73. The zero-order chi connectivity index (χ0) is 15.0. The van der Waals surface area contributed by atoms with Crippen molar-refractivity contribution in [3.8, 4) is 0 Å². The van der Waals surface area contributed by atoms with Crippen molar-refractivity contribution in [1.29, 1.82) is 0 Å². The van der Waals surface area contributed by atoms with Crippen LogP contribution in [0.15, 0.2) is 17.1 Å². The Morgan fingerprint density at radius 2 is 2.33 bits per heavy atom. The molecule has 1 unspecified atom stereocenters. The quantitative estimate of drug-likeness (QED) is 0.856. The van der Waals surface area contributed by atoms with Crippen molar-refractivity contribution in [2.45, 2.75) is 31.8 Å². The first-order chi connectivity index (χ1) is 10.0. The minimum absolute atomic E-state index is 0.0206. The molecular weight excluding hydrogens is 294 g/mol. The standard InChI is InChI=1S/C13H16ClN5O2/c1-18-7-8(14)6-10(18)12(20)15-9-2-3-11-16-17-13(21)19(11)5-4-9/h6-7,9H,2-5H2,1H3,(H,15,20)(H,17,21). The van der Waals surface area contributed by atoms with Gasteiger partial charge in [-0.2, -0.15) is 5.10 Å². The summed E-state index contributed by atoms with van der Waals surface area (Å²) in [5.41, 5.74) is 0.339. The summed E-state index contributed by atoms with van der Waals surface area (Å²) in [6.45, 7) is 0.559. The van der Waals surface area contributed by atoms with Crippen molar-refractivity contribution in [3.05, 3.63) is 39.3 Å². The van der Waals surface area contributed by atoms with E-state index in [2.05, 4.69) is 15.5 Å². The number of nitrogens with zero attached hydrogens (tertiary/aromatic N) is 3. The fourth-order valence-corrected chi connectivity index (χ4v) is 2.91. The lowest BCUT2D eigenvalue weighted by molar-refractivity contribution is 0.0924. The summed E-state index contributed by atoms with van der Waals surface area (Å²) in [5, 5.41) is 9.99. The van der Waals surface area contributed by atoms with Gasteiger partial charge in [0.15, 0.2) is 0 Å². The van der Waals surface area contributed by atoms with Crippen molar-refractivity contribution in [1.82, 2.24) is 24.6 Å². The van der Waals surface area contributed by atoms with Gasteiger partial charge in [0, 0.05) is 32.3 Å². The average molecular weight is 310 g/mol. The van der Waals surface area contributed by atoms with E-state index in [9.17, 15) is 9.59 Å². The first kappa shape index (κ1) is 13.9. The summed E-state index contributed by atoms with van der Waals surface area (Å²) in [6, 6.07) is 1.66. The maximum atomic E-state index is 12.3. The number of nitrogens with one attached hydrogen (secondary N) is 2. The third-order valence-corrected chi connectivity index (χ3v) is 4.00. The highest BCUT2D eigenvalue weighted by atomic mass is 35.5. The Morgan fingerprint density at radius 3 is 3.05 bits per heavy atom. The second-order valence-corrected chi connectivity index (χ2v) is 5.69. The molecule has 21 heavy (non-hydrogen) atoms. The summed E-state index contributed by atoms with van der Waals surface area (Å²) in [6.07, 6.45) is 3.82. The van der Waals surface area contributed by atoms with E-state index in [1.54, 1.807) is 28.4 Å². The highest BCUT2D eigenvalue weighted by Gasteiger charge is 2.21. The van der Waals surface area contributed by atoms with Crippen LogP contribution in [0.2, 0.25) is 5.02 Å². The number of aromatic amines is 1. The molecule has 0 spiro atoms. The summed E-state index contributed by atoms with van der Waals surface area (Å²) in [4.78, 5) is 23.8. The molecule has 1 aliphatic rings. The Kier molecular flexibility index (Phi) is 3.59. The van der Waals surface area contributed by atoms with Gasteiger partial charge in [-0.25, -0.2) is 9.89 Å². The van der Waals surface area contributed by atoms with E-state index in [-0.39, 0.29) is 17.6 Å². The number of aromatic nitrogens is 4. The van der Waals surface area contributed by atoms with E-state index in [1.165, 1.54) is 0 Å². The van der Waals surface area contributed by atoms with Gasteiger partial charge in [-0.05, 0) is 18.9 Å². The number of carbonyl (C=O) groups is 1. The van der Waals surface area contributed by atoms with Gasteiger partial charge in [-0.3, -0.25) is 9.36 Å². The van der Waals surface area contributed by atoms with Crippen molar-refractivity contribution >= 4 is 17.5 Å². The number of hydrogen-bond donors (Lipinski definition) is 2. The topological polar surface area (TPSA) is 84.7 Å². The fraction of sp³-hybridized carbons (Fsp3) is 0.462. The first-order valence-electron chi connectivity index (χ1n) is 6.81.